The fraction of sp³-hybridized carbons (Fsp3) is 0.375. The van der Waals surface area contributed by atoms with Crippen LogP contribution in [0, 0.1) is 0 Å². The molecular formula is C8H11F3N2. The van der Waals surface area contributed by atoms with Crippen LogP contribution in [0.15, 0.2) is 18.3 Å². The predicted octanol–water partition coefficient (Wildman–Crippen LogP) is 2.71. The Morgan fingerprint density at radius 3 is 2.08 bits per heavy atom. The van der Waals surface area contributed by atoms with Crippen molar-refractivity contribution < 1.29 is 13.2 Å². The second kappa shape index (κ2) is 4.69. The van der Waals surface area contributed by atoms with E-state index in [4.69, 9.17) is 5.73 Å². The van der Waals surface area contributed by atoms with Gasteiger partial charge in [-0.05, 0) is 12.1 Å². The fourth-order valence-electron chi connectivity index (χ4n) is 0.573. The highest BCUT2D eigenvalue weighted by molar-refractivity contribution is 5.30. The summed E-state index contributed by atoms with van der Waals surface area (Å²) in [5.41, 5.74) is 4.31. The van der Waals surface area contributed by atoms with E-state index < -0.39 is 11.7 Å². The average Bonchev–Trinajstić information content (AvgIpc) is 2.07. The van der Waals surface area contributed by atoms with Gasteiger partial charge in [-0.1, -0.05) is 13.8 Å². The Bertz CT molecular complexity index is 241. The van der Waals surface area contributed by atoms with Crippen LogP contribution in [0.1, 0.15) is 19.4 Å². The number of pyridine rings is 1. The molecule has 0 aromatic carbocycles. The van der Waals surface area contributed by atoms with Gasteiger partial charge in [-0.25, -0.2) is 4.98 Å². The van der Waals surface area contributed by atoms with Crippen molar-refractivity contribution >= 4 is 5.82 Å². The molecule has 2 nitrogen and oxygen atoms in total. The quantitative estimate of drug-likeness (QED) is 0.686. The topological polar surface area (TPSA) is 38.9 Å². The lowest BCUT2D eigenvalue weighted by molar-refractivity contribution is -0.137. The van der Waals surface area contributed by atoms with E-state index in [2.05, 4.69) is 4.98 Å². The van der Waals surface area contributed by atoms with Crippen LogP contribution >= 0.6 is 0 Å². The van der Waals surface area contributed by atoms with Crippen LogP contribution in [0.3, 0.4) is 0 Å². The van der Waals surface area contributed by atoms with E-state index in [1.165, 1.54) is 0 Å². The Hall–Kier alpha value is -1.26. The third-order valence-corrected chi connectivity index (χ3v) is 1.11. The number of aromatic nitrogens is 1. The van der Waals surface area contributed by atoms with Gasteiger partial charge in [0.25, 0.3) is 0 Å². The van der Waals surface area contributed by atoms with Gasteiger partial charge in [0.05, 0.1) is 5.56 Å². The summed E-state index contributed by atoms with van der Waals surface area (Å²) < 4.78 is 35.5. The normalized spacial score (nSPS) is 10.2. The second-order valence-electron chi connectivity index (χ2n) is 1.97. The summed E-state index contributed by atoms with van der Waals surface area (Å²) in [7, 11) is 0. The first-order valence-corrected chi connectivity index (χ1v) is 3.79. The van der Waals surface area contributed by atoms with E-state index in [1.807, 2.05) is 13.8 Å². The molecule has 1 rings (SSSR count). The lowest BCUT2D eigenvalue weighted by Crippen LogP contribution is -2.05. The van der Waals surface area contributed by atoms with Gasteiger partial charge in [-0.15, -0.1) is 0 Å². The van der Waals surface area contributed by atoms with Gasteiger partial charge in [-0.2, -0.15) is 13.2 Å². The number of hydrogen-bond donors (Lipinski definition) is 1. The zero-order valence-electron chi connectivity index (χ0n) is 7.39. The van der Waals surface area contributed by atoms with Crippen LogP contribution in [0.2, 0.25) is 0 Å². The molecule has 0 aliphatic carbocycles. The molecule has 0 atom stereocenters. The van der Waals surface area contributed by atoms with Gasteiger partial charge in [0.2, 0.25) is 0 Å². The summed E-state index contributed by atoms with van der Waals surface area (Å²) in [5, 5.41) is 0. The maximum atomic E-state index is 11.8. The molecular weight excluding hydrogens is 181 g/mol. The summed E-state index contributed by atoms with van der Waals surface area (Å²) >= 11 is 0. The van der Waals surface area contributed by atoms with Crippen molar-refractivity contribution in [3.63, 3.8) is 0 Å². The van der Waals surface area contributed by atoms with E-state index in [-0.39, 0.29) is 5.82 Å². The standard InChI is InChI=1S/C6H5F3N2.C2H6/c7-6(8,9)4-1-2-5(10)11-3-4;1-2/h1-3H,(H2,10,11);1-2H3. The van der Waals surface area contributed by atoms with Crippen molar-refractivity contribution in [2.75, 3.05) is 5.73 Å². The van der Waals surface area contributed by atoms with Crippen LogP contribution in [-0.4, -0.2) is 4.98 Å². The number of nitrogen functional groups attached to an aromatic ring is 1. The molecule has 74 valence electrons. The molecule has 13 heavy (non-hydrogen) atoms. The molecule has 0 spiro atoms. The Balaban J connectivity index is 0.000000671. The maximum Gasteiger partial charge on any atom is 0.417 e. The van der Waals surface area contributed by atoms with Gasteiger partial charge in [0.1, 0.15) is 5.82 Å². The summed E-state index contributed by atoms with van der Waals surface area (Å²) in [6, 6.07) is 2.01. The van der Waals surface area contributed by atoms with Crippen molar-refractivity contribution in [3.8, 4) is 0 Å². The number of nitrogens with two attached hydrogens (primary N) is 1. The van der Waals surface area contributed by atoms with E-state index in [1.54, 1.807) is 0 Å². The second-order valence-corrected chi connectivity index (χ2v) is 1.97. The number of rotatable bonds is 0. The van der Waals surface area contributed by atoms with Gasteiger partial charge in [0, 0.05) is 6.20 Å². The van der Waals surface area contributed by atoms with E-state index in [0.717, 1.165) is 12.1 Å². The molecule has 1 heterocycles. The van der Waals surface area contributed by atoms with Crippen molar-refractivity contribution in [1.82, 2.24) is 4.98 Å². The third kappa shape index (κ3) is 3.78. The molecule has 0 bridgehead atoms. The summed E-state index contributed by atoms with van der Waals surface area (Å²) in [6.07, 6.45) is -3.63. The summed E-state index contributed by atoms with van der Waals surface area (Å²) in [5.74, 6) is 0.0815. The highest BCUT2D eigenvalue weighted by Crippen LogP contribution is 2.28. The first-order valence-electron chi connectivity index (χ1n) is 3.79. The minimum Gasteiger partial charge on any atom is -0.384 e. The van der Waals surface area contributed by atoms with E-state index >= 15 is 0 Å². The van der Waals surface area contributed by atoms with Gasteiger partial charge < -0.3 is 5.73 Å². The molecule has 0 aliphatic heterocycles. The molecule has 0 saturated carbocycles. The Morgan fingerprint density at radius 2 is 1.77 bits per heavy atom. The first kappa shape index (κ1) is 11.7. The lowest BCUT2D eigenvalue weighted by Gasteiger charge is -2.04. The largest absolute Gasteiger partial charge is 0.417 e. The zero-order chi connectivity index (χ0) is 10.5. The zero-order valence-corrected chi connectivity index (χ0v) is 7.39. The number of anilines is 1. The van der Waals surface area contributed by atoms with Crippen molar-refractivity contribution in [2.24, 2.45) is 0 Å². The van der Waals surface area contributed by atoms with Crippen molar-refractivity contribution in [1.29, 1.82) is 0 Å². The van der Waals surface area contributed by atoms with Crippen LogP contribution < -0.4 is 5.73 Å². The smallest absolute Gasteiger partial charge is 0.384 e. The number of alkyl halides is 3. The average molecular weight is 192 g/mol. The molecule has 1 aromatic rings. The molecule has 0 amide bonds. The van der Waals surface area contributed by atoms with Gasteiger partial charge in [0.15, 0.2) is 0 Å². The Morgan fingerprint density at radius 1 is 1.23 bits per heavy atom. The van der Waals surface area contributed by atoms with Crippen molar-refractivity contribution in [2.45, 2.75) is 20.0 Å². The monoisotopic (exact) mass is 192 g/mol. The predicted molar refractivity (Wildman–Crippen MR) is 45.0 cm³/mol. The molecule has 5 heteroatoms. The van der Waals surface area contributed by atoms with Crippen LogP contribution in [0.5, 0.6) is 0 Å². The SMILES string of the molecule is CC.Nc1ccc(C(F)(F)F)cn1. The molecule has 0 saturated heterocycles. The minimum absolute atomic E-state index is 0.0815. The molecule has 1 aromatic heterocycles. The number of nitrogens with zero attached hydrogens (tertiary/aromatic N) is 1. The summed E-state index contributed by atoms with van der Waals surface area (Å²) in [4.78, 5) is 3.30. The van der Waals surface area contributed by atoms with Gasteiger partial charge in [-0.3, -0.25) is 0 Å². The van der Waals surface area contributed by atoms with E-state index in [0.29, 0.717) is 6.20 Å². The van der Waals surface area contributed by atoms with Gasteiger partial charge >= 0.3 is 6.18 Å². The molecule has 0 aliphatic rings. The number of halogens is 3. The van der Waals surface area contributed by atoms with Crippen molar-refractivity contribution in [3.05, 3.63) is 23.9 Å². The molecule has 2 N–H and O–H groups in total. The maximum absolute atomic E-state index is 11.8. The molecule has 0 fully saturated rings. The highest BCUT2D eigenvalue weighted by Gasteiger charge is 2.30. The van der Waals surface area contributed by atoms with Crippen LogP contribution in [0.4, 0.5) is 19.0 Å². The fourth-order valence-corrected chi connectivity index (χ4v) is 0.573. The molecule has 0 radical (unpaired) electrons. The highest BCUT2D eigenvalue weighted by atomic mass is 19.4. The van der Waals surface area contributed by atoms with Crippen LogP contribution in [0.25, 0.3) is 0 Å². The third-order valence-electron chi connectivity index (χ3n) is 1.11. The first-order chi connectivity index (χ1) is 6.00. The lowest BCUT2D eigenvalue weighted by atomic mass is 10.3. The summed E-state index contributed by atoms with van der Waals surface area (Å²) in [6.45, 7) is 4.00. The van der Waals surface area contributed by atoms with E-state index in [9.17, 15) is 13.2 Å². The van der Waals surface area contributed by atoms with Crippen LogP contribution in [-0.2, 0) is 6.18 Å². The number of hydrogen-bond acceptors (Lipinski definition) is 2. The Labute approximate surface area is 74.6 Å². The minimum atomic E-state index is -4.33. The molecule has 0 unspecified atom stereocenters. The Kier molecular flexibility index (Phi) is 4.23.